The number of rotatable bonds is 8. The molecule has 2 saturated carbocycles. The van der Waals surface area contributed by atoms with Crippen LogP contribution in [0.1, 0.15) is 87.0 Å². The minimum atomic E-state index is 0.555. The molecule has 0 saturated heterocycles. The lowest BCUT2D eigenvalue weighted by molar-refractivity contribution is 0.0636. The molecule has 0 aromatic rings. The molecule has 2 aliphatic rings. The highest BCUT2D eigenvalue weighted by Gasteiger charge is 2.66. The Kier molecular flexibility index (Phi) is 4.63. The monoisotopic (exact) mass is 278 g/mol. The van der Waals surface area contributed by atoms with Crippen LogP contribution in [0.15, 0.2) is 0 Å². The first-order valence-electron chi connectivity index (χ1n) is 9.30. The highest BCUT2D eigenvalue weighted by Crippen LogP contribution is 2.75. The van der Waals surface area contributed by atoms with Gasteiger partial charge in [-0.2, -0.15) is 0 Å². The van der Waals surface area contributed by atoms with Crippen LogP contribution in [-0.4, -0.2) is 0 Å². The number of hydrogen-bond acceptors (Lipinski definition) is 0. The van der Waals surface area contributed by atoms with Gasteiger partial charge in [0.2, 0.25) is 0 Å². The van der Waals surface area contributed by atoms with Crippen LogP contribution in [0.4, 0.5) is 0 Å². The Labute approximate surface area is 128 Å². The van der Waals surface area contributed by atoms with E-state index in [1.807, 2.05) is 0 Å². The van der Waals surface area contributed by atoms with Crippen molar-refractivity contribution in [3.8, 4) is 0 Å². The summed E-state index contributed by atoms with van der Waals surface area (Å²) in [4.78, 5) is 0. The van der Waals surface area contributed by atoms with Crippen LogP contribution in [0.2, 0.25) is 0 Å². The Morgan fingerprint density at radius 3 is 2.05 bits per heavy atom. The quantitative estimate of drug-likeness (QED) is 0.472. The summed E-state index contributed by atoms with van der Waals surface area (Å²) < 4.78 is 0. The summed E-state index contributed by atoms with van der Waals surface area (Å²) in [6.07, 6.45) is 8.78. The van der Waals surface area contributed by atoms with Gasteiger partial charge in [-0.05, 0) is 66.1 Å². The predicted molar refractivity (Wildman–Crippen MR) is 89.7 cm³/mol. The largest absolute Gasteiger partial charge is 0.0651 e. The summed E-state index contributed by atoms with van der Waals surface area (Å²) in [5.74, 6) is 4.61. The molecule has 0 nitrogen and oxygen atoms in total. The fourth-order valence-electron chi connectivity index (χ4n) is 5.03. The Balaban J connectivity index is 2.01. The molecular formula is C20H38. The Hall–Kier alpha value is 0. The van der Waals surface area contributed by atoms with E-state index in [2.05, 4.69) is 48.5 Å². The van der Waals surface area contributed by atoms with Gasteiger partial charge in [0.25, 0.3) is 0 Å². The molecule has 0 aliphatic heterocycles. The first-order valence-corrected chi connectivity index (χ1v) is 9.30. The van der Waals surface area contributed by atoms with Crippen molar-refractivity contribution in [1.29, 1.82) is 0 Å². The fraction of sp³-hybridized carbons (Fsp3) is 1.00. The van der Waals surface area contributed by atoms with E-state index in [1.165, 1.54) is 19.3 Å². The van der Waals surface area contributed by atoms with Crippen LogP contribution in [0.5, 0.6) is 0 Å². The third kappa shape index (κ3) is 2.81. The Morgan fingerprint density at radius 2 is 1.70 bits per heavy atom. The molecule has 20 heavy (non-hydrogen) atoms. The van der Waals surface area contributed by atoms with Crippen LogP contribution < -0.4 is 0 Å². The van der Waals surface area contributed by atoms with Gasteiger partial charge >= 0.3 is 0 Å². The number of hydrogen-bond donors (Lipinski definition) is 0. The third-order valence-corrected chi connectivity index (χ3v) is 7.80. The lowest BCUT2D eigenvalue weighted by Crippen LogP contribution is -2.35. The summed E-state index contributed by atoms with van der Waals surface area (Å²) in [5.41, 5.74) is 1.41. The second-order valence-corrected chi connectivity index (χ2v) is 8.87. The van der Waals surface area contributed by atoms with Gasteiger partial charge in [0.1, 0.15) is 0 Å². The highest BCUT2D eigenvalue weighted by atomic mass is 14.7. The predicted octanol–water partition coefficient (Wildman–Crippen LogP) is 6.55. The molecule has 2 fully saturated rings. The zero-order valence-electron chi connectivity index (χ0n) is 15.1. The molecule has 0 heterocycles. The zero-order chi connectivity index (χ0) is 15.1. The molecule has 2 aliphatic carbocycles. The summed E-state index contributed by atoms with van der Waals surface area (Å²) in [5, 5.41) is 0. The van der Waals surface area contributed by atoms with E-state index >= 15 is 0 Å². The molecule has 118 valence electrons. The average molecular weight is 279 g/mol. The van der Waals surface area contributed by atoms with Crippen molar-refractivity contribution in [2.24, 2.45) is 40.4 Å². The van der Waals surface area contributed by atoms with Gasteiger partial charge in [-0.1, -0.05) is 61.3 Å². The molecule has 0 amide bonds. The van der Waals surface area contributed by atoms with Gasteiger partial charge in [0.15, 0.2) is 0 Å². The molecule has 1 spiro atoms. The van der Waals surface area contributed by atoms with Crippen LogP contribution in [0.25, 0.3) is 0 Å². The molecule has 0 aromatic heterocycles. The minimum Gasteiger partial charge on any atom is -0.0651 e. The van der Waals surface area contributed by atoms with Crippen LogP contribution in [-0.2, 0) is 0 Å². The maximum absolute atomic E-state index is 2.60. The van der Waals surface area contributed by atoms with Crippen LogP contribution in [0.3, 0.4) is 0 Å². The summed E-state index contributed by atoms with van der Waals surface area (Å²) in [7, 11) is 0. The fourth-order valence-corrected chi connectivity index (χ4v) is 5.03. The van der Waals surface area contributed by atoms with Crippen molar-refractivity contribution in [2.75, 3.05) is 0 Å². The SMILES string of the molecule is CCC(CC(C)C(C)(CC)C(C)C1CC12CC2)C(C)C. The second kappa shape index (κ2) is 5.65. The molecule has 0 heteroatoms. The topological polar surface area (TPSA) is 0 Å². The van der Waals surface area contributed by atoms with E-state index < -0.39 is 0 Å². The molecule has 5 unspecified atom stereocenters. The lowest BCUT2D eigenvalue weighted by atomic mass is 9.62. The third-order valence-electron chi connectivity index (χ3n) is 7.80. The summed E-state index contributed by atoms with van der Waals surface area (Å²) in [6.45, 7) is 17.4. The van der Waals surface area contributed by atoms with Crippen molar-refractivity contribution in [1.82, 2.24) is 0 Å². The van der Waals surface area contributed by atoms with Crippen molar-refractivity contribution < 1.29 is 0 Å². The van der Waals surface area contributed by atoms with Gasteiger partial charge in [-0.25, -0.2) is 0 Å². The smallest absolute Gasteiger partial charge is 0.0263 e. The maximum Gasteiger partial charge on any atom is -0.0263 e. The maximum atomic E-state index is 2.60. The molecule has 0 aromatic carbocycles. The van der Waals surface area contributed by atoms with Crippen molar-refractivity contribution in [3.05, 3.63) is 0 Å². The molecule has 0 radical (unpaired) electrons. The molecular weight excluding hydrogens is 240 g/mol. The molecule has 2 rings (SSSR count). The van der Waals surface area contributed by atoms with Crippen LogP contribution in [0, 0.1) is 40.4 Å². The van der Waals surface area contributed by atoms with Gasteiger partial charge in [0.05, 0.1) is 0 Å². The normalized spacial score (nSPS) is 30.9. The Morgan fingerprint density at radius 1 is 1.10 bits per heavy atom. The van der Waals surface area contributed by atoms with E-state index in [0.29, 0.717) is 5.41 Å². The van der Waals surface area contributed by atoms with Gasteiger partial charge < -0.3 is 0 Å². The Bertz CT molecular complexity index is 325. The van der Waals surface area contributed by atoms with Gasteiger partial charge in [-0.15, -0.1) is 0 Å². The minimum absolute atomic E-state index is 0.555. The van der Waals surface area contributed by atoms with E-state index in [-0.39, 0.29) is 0 Å². The van der Waals surface area contributed by atoms with E-state index in [0.717, 1.165) is 35.0 Å². The van der Waals surface area contributed by atoms with Crippen molar-refractivity contribution in [2.45, 2.75) is 87.0 Å². The highest BCUT2D eigenvalue weighted by molar-refractivity contribution is 5.15. The zero-order valence-corrected chi connectivity index (χ0v) is 15.1. The summed E-state index contributed by atoms with van der Waals surface area (Å²) >= 11 is 0. The lowest BCUT2D eigenvalue weighted by Gasteiger charge is -2.43. The second-order valence-electron chi connectivity index (χ2n) is 8.87. The first kappa shape index (κ1) is 16.4. The van der Waals surface area contributed by atoms with E-state index in [4.69, 9.17) is 0 Å². The molecule has 0 bridgehead atoms. The molecule has 0 N–H and O–H groups in total. The van der Waals surface area contributed by atoms with E-state index in [1.54, 1.807) is 19.3 Å². The van der Waals surface area contributed by atoms with Crippen LogP contribution >= 0.6 is 0 Å². The van der Waals surface area contributed by atoms with Gasteiger partial charge in [0, 0.05) is 0 Å². The van der Waals surface area contributed by atoms with Crippen molar-refractivity contribution in [3.63, 3.8) is 0 Å². The van der Waals surface area contributed by atoms with E-state index in [9.17, 15) is 0 Å². The first-order chi connectivity index (χ1) is 9.30. The standard InChI is InChI=1S/C20H38/c1-8-17(14(3)4)12-15(5)19(7,9-2)16(6)18-13-20(18)10-11-20/h14-18H,8-13H2,1-7H3. The van der Waals surface area contributed by atoms with Gasteiger partial charge in [-0.3, -0.25) is 0 Å². The average Bonchev–Trinajstić information content (AvgIpc) is 3.34. The molecule has 5 atom stereocenters. The summed E-state index contributed by atoms with van der Waals surface area (Å²) in [6, 6.07) is 0. The van der Waals surface area contributed by atoms with Crippen molar-refractivity contribution >= 4 is 0 Å².